The van der Waals surface area contributed by atoms with Gasteiger partial charge in [0.1, 0.15) is 0 Å². The van der Waals surface area contributed by atoms with Gasteiger partial charge in [-0.2, -0.15) is 0 Å². The molecule has 1 saturated carbocycles. The van der Waals surface area contributed by atoms with Gasteiger partial charge in [-0.25, -0.2) is 0 Å². The van der Waals surface area contributed by atoms with Crippen molar-refractivity contribution in [3.8, 4) is 0 Å². The van der Waals surface area contributed by atoms with Crippen LogP contribution in [0.3, 0.4) is 0 Å². The van der Waals surface area contributed by atoms with Gasteiger partial charge in [0.25, 0.3) is 0 Å². The normalized spacial score (nSPS) is 33.8. The van der Waals surface area contributed by atoms with E-state index in [4.69, 9.17) is 16.3 Å². The quantitative estimate of drug-likeness (QED) is 0.709. The van der Waals surface area contributed by atoms with Crippen molar-refractivity contribution in [2.24, 2.45) is 0 Å². The Morgan fingerprint density at radius 1 is 1.19 bits per heavy atom. The number of hydrogen-bond donors (Lipinski definition) is 0. The highest BCUT2D eigenvalue weighted by molar-refractivity contribution is 6.24. The van der Waals surface area contributed by atoms with E-state index in [2.05, 4.69) is 18.7 Å². The first-order valence-electron chi connectivity index (χ1n) is 6.51. The number of methoxy groups -OCH3 is 1. The maximum Gasteiger partial charge on any atom is 0.0870 e. The average molecular weight is 246 g/mol. The van der Waals surface area contributed by atoms with E-state index in [0.29, 0.717) is 12.1 Å². The van der Waals surface area contributed by atoms with E-state index in [1.165, 1.54) is 32.1 Å². The second kappa shape index (κ2) is 4.83. The van der Waals surface area contributed by atoms with E-state index >= 15 is 0 Å². The zero-order valence-electron chi connectivity index (χ0n) is 10.7. The van der Waals surface area contributed by atoms with Gasteiger partial charge in [-0.05, 0) is 26.7 Å². The van der Waals surface area contributed by atoms with Crippen LogP contribution in [0.2, 0.25) is 0 Å². The monoisotopic (exact) mass is 245 g/mol. The summed E-state index contributed by atoms with van der Waals surface area (Å²) in [7, 11) is 1.80. The van der Waals surface area contributed by atoms with E-state index < -0.39 is 0 Å². The molecule has 2 nitrogen and oxygen atoms in total. The van der Waals surface area contributed by atoms with Crippen molar-refractivity contribution in [1.29, 1.82) is 0 Å². The van der Waals surface area contributed by atoms with Gasteiger partial charge >= 0.3 is 0 Å². The maximum atomic E-state index is 6.50. The first kappa shape index (κ1) is 12.7. The minimum absolute atomic E-state index is 0.184. The summed E-state index contributed by atoms with van der Waals surface area (Å²) in [6.45, 7) is 5.29. The van der Waals surface area contributed by atoms with Crippen LogP contribution in [0, 0.1) is 0 Å². The van der Waals surface area contributed by atoms with E-state index in [9.17, 15) is 0 Å². The molecular weight excluding hydrogens is 222 g/mol. The molecule has 0 aromatic carbocycles. The molecular formula is C13H24ClNO. The minimum atomic E-state index is -0.184. The molecule has 0 spiro atoms. The molecule has 2 atom stereocenters. The van der Waals surface area contributed by atoms with Crippen molar-refractivity contribution in [3.63, 3.8) is 0 Å². The van der Waals surface area contributed by atoms with Crippen molar-refractivity contribution in [3.05, 3.63) is 0 Å². The fourth-order valence-electron chi connectivity index (χ4n) is 3.33. The van der Waals surface area contributed by atoms with Crippen molar-refractivity contribution < 1.29 is 4.74 Å². The van der Waals surface area contributed by atoms with Crippen molar-refractivity contribution >= 4 is 11.6 Å². The lowest BCUT2D eigenvalue weighted by atomic mass is 9.82. The van der Waals surface area contributed by atoms with Gasteiger partial charge in [0.05, 0.1) is 17.0 Å². The molecule has 1 aliphatic carbocycles. The maximum absolute atomic E-state index is 6.50. The van der Waals surface area contributed by atoms with Gasteiger partial charge in [-0.15, -0.1) is 11.6 Å². The van der Waals surface area contributed by atoms with Gasteiger partial charge in [0.15, 0.2) is 0 Å². The molecule has 0 N–H and O–H groups in total. The number of alkyl halides is 1. The molecule has 0 unspecified atom stereocenters. The topological polar surface area (TPSA) is 12.5 Å². The third-order valence-electron chi connectivity index (χ3n) is 4.15. The first-order valence-corrected chi connectivity index (χ1v) is 6.89. The number of likely N-dealkylation sites (tertiary alicyclic amines) is 1. The third kappa shape index (κ3) is 2.39. The summed E-state index contributed by atoms with van der Waals surface area (Å²) in [5.41, 5.74) is 0. The first-order chi connectivity index (χ1) is 7.54. The molecule has 2 fully saturated rings. The van der Waals surface area contributed by atoms with E-state index in [-0.39, 0.29) is 4.87 Å². The SMILES string of the molecule is CO[C@@H]1CN(C2CCCCC2)[C@@H]1C(C)(C)Cl. The van der Waals surface area contributed by atoms with Gasteiger partial charge in [0, 0.05) is 19.7 Å². The molecule has 1 saturated heterocycles. The van der Waals surface area contributed by atoms with Gasteiger partial charge in [-0.1, -0.05) is 19.3 Å². The molecule has 1 aliphatic heterocycles. The summed E-state index contributed by atoms with van der Waals surface area (Å²) in [5.74, 6) is 0. The zero-order valence-corrected chi connectivity index (χ0v) is 11.5. The molecule has 3 heteroatoms. The largest absolute Gasteiger partial charge is 0.378 e. The second-order valence-electron chi connectivity index (χ2n) is 5.77. The molecule has 0 amide bonds. The number of nitrogens with zero attached hydrogens (tertiary/aromatic N) is 1. The average Bonchev–Trinajstić information content (AvgIpc) is 2.16. The molecule has 0 bridgehead atoms. The fraction of sp³-hybridized carbons (Fsp3) is 1.00. The lowest BCUT2D eigenvalue weighted by Crippen LogP contribution is -2.70. The summed E-state index contributed by atoms with van der Waals surface area (Å²) < 4.78 is 5.52. The molecule has 0 aromatic rings. The van der Waals surface area contributed by atoms with Crippen LogP contribution in [-0.2, 0) is 4.74 Å². The number of ether oxygens (including phenoxy) is 1. The summed E-state index contributed by atoms with van der Waals surface area (Å²) in [6.07, 6.45) is 7.20. The summed E-state index contributed by atoms with van der Waals surface area (Å²) in [6, 6.07) is 1.14. The third-order valence-corrected chi connectivity index (χ3v) is 4.37. The molecule has 1 heterocycles. The van der Waals surface area contributed by atoms with Crippen LogP contribution in [0.15, 0.2) is 0 Å². The van der Waals surface area contributed by atoms with Crippen LogP contribution < -0.4 is 0 Å². The Balaban J connectivity index is 2.00. The smallest absolute Gasteiger partial charge is 0.0870 e. The van der Waals surface area contributed by atoms with Crippen LogP contribution in [0.5, 0.6) is 0 Å². The molecule has 16 heavy (non-hydrogen) atoms. The Hall–Kier alpha value is 0.210. The van der Waals surface area contributed by atoms with Crippen LogP contribution in [0.4, 0.5) is 0 Å². The zero-order chi connectivity index (χ0) is 11.8. The predicted molar refractivity (Wildman–Crippen MR) is 68.1 cm³/mol. The summed E-state index contributed by atoms with van der Waals surface area (Å²) in [5, 5.41) is 0. The highest BCUT2D eigenvalue weighted by atomic mass is 35.5. The Morgan fingerprint density at radius 2 is 1.81 bits per heavy atom. The number of rotatable bonds is 3. The van der Waals surface area contributed by atoms with Crippen molar-refractivity contribution in [1.82, 2.24) is 4.90 Å². The van der Waals surface area contributed by atoms with E-state index in [1.807, 2.05) is 0 Å². The van der Waals surface area contributed by atoms with E-state index in [1.54, 1.807) is 7.11 Å². The van der Waals surface area contributed by atoms with Gasteiger partial charge in [-0.3, -0.25) is 4.90 Å². The van der Waals surface area contributed by atoms with Gasteiger partial charge in [0.2, 0.25) is 0 Å². The van der Waals surface area contributed by atoms with Crippen LogP contribution in [0.25, 0.3) is 0 Å². The Bertz CT molecular complexity index is 233. The molecule has 0 radical (unpaired) electrons. The van der Waals surface area contributed by atoms with Crippen LogP contribution >= 0.6 is 11.6 Å². The minimum Gasteiger partial charge on any atom is -0.378 e. The van der Waals surface area contributed by atoms with Gasteiger partial charge < -0.3 is 4.74 Å². The van der Waals surface area contributed by atoms with Crippen LogP contribution in [-0.4, -0.2) is 41.6 Å². The number of halogens is 1. The Labute approximate surface area is 104 Å². The summed E-state index contributed by atoms with van der Waals surface area (Å²) in [4.78, 5) is 2.40. The Kier molecular flexibility index (Phi) is 3.82. The highest BCUT2D eigenvalue weighted by Crippen LogP contribution is 2.38. The molecule has 2 aliphatic rings. The lowest BCUT2D eigenvalue weighted by Gasteiger charge is -2.56. The molecule has 94 valence electrons. The predicted octanol–water partition coefficient (Wildman–Crippen LogP) is 3.04. The molecule has 0 aromatic heterocycles. The highest BCUT2D eigenvalue weighted by Gasteiger charge is 2.49. The van der Waals surface area contributed by atoms with Crippen molar-refractivity contribution in [2.45, 2.75) is 69.0 Å². The number of hydrogen-bond acceptors (Lipinski definition) is 2. The van der Waals surface area contributed by atoms with E-state index in [0.717, 1.165) is 12.6 Å². The lowest BCUT2D eigenvalue weighted by molar-refractivity contribution is -0.121. The standard InChI is InChI=1S/C13H24ClNO/c1-13(2,14)12-11(16-3)9-15(12)10-7-5-4-6-8-10/h10-12H,4-9H2,1-3H3/t11-,12+/m1/s1. The second-order valence-corrected chi connectivity index (χ2v) is 6.75. The van der Waals surface area contributed by atoms with Crippen LogP contribution in [0.1, 0.15) is 46.0 Å². The summed E-state index contributed by atoms with van der Waals surface area (Å²) >= 11 is 6.50. The fourth-order valence-corrected chi connectivity index (χ4v) is 3.59. The molecule has 2 rings (SSSR count). The Morgan fingerprint density at radius 3 is 2.31 bits per heavy atom. The van der Waals surface area contributed by atoms with Crippen molar-refractivity contribution in [2.75, 3.05) is 13.7 Å².